The van der Waals surface area contributed by atoms with E-state index in [2.05, 4.69) is 0 Å². The predicted molar refractivity (Wildman–Crippen MR) is 56.9 cm³/mol. The third-order valence-corrected chi connectivity index (χ3v) is 2.26. The summed E-state index contributed by atoms with van der Waals surface area (Å²) in [5, 5.41) is 8.57. The average molecular weight is 206 g/mol. The minimum absolute atomic E-state index is 0.114. The maximum absolute atomic E-state index is 11.7. The number of carboxylic acids is 1. The molecule has 0 heterocycles. The quantitative estimate of drug-likeness (QED) is 0.769. The van der Waals surface area contributed by atoms with E-state index in [9.17, 15) is 9.59 Å². The Hall–Kier alpha value is -1.64. The molecule has 0 fully saturated rings. The Labute approximate surface area is 88.7 Å². The van der Waals surface area contributed by atoms with Crippen LogP contribution in [0.3, 0.4) is 0 Å². The Morgan fingerprint density at radius 1 is 1.27 bits per heavy atom. The van der Waals surface area contributed by atoms with Gasteiger partial charge in [0, 0.05) is 11.5 Å². The number of carbonyl (C=O) groups is 2. The number of hydrogen-bond acceptors (Lipinski definition) is 2. The molecule has 0 bridgehead atoms. The smallest absolute Gasteiger partial charge is 0.304 e. The van der Waals surface area contributed by atoms with Gasteiger partial charge in [-0.05, 0) is 6.92 Å². The fraction of sp³-hybridized carbons (Fsp3) is 0.333. The van der Waals surface area contributed by atoms with Crippen LogP contribution in [0.25, 0.3) is 0 Å². The molecule has 1 aromatic rings. The predicted octanol–water partition coefficient (Wildman–Crippen LogP) is 2.29. The van der Waals surface area contributed by atoms with E-state index in [1.807, 2.05) is 19.1 Å². The summed E-state index contributed by atoms with van der Waals surface area (Å²) in [6.45, 7) is 3.57. The maximum Gasteiger partial charge on any atom is 0.304 e. The first kappa shape index (κ1) is 11.4. The molecule has 1 rings (SSSR count). The highest BCUT2D eigenvalue weighted by Gasteiger charge is 2.17. The van der Waals surface area contributed by atoms with Gasteiger partial charge < -0.3 is 5.11 Å². The van der Waals surface area contributed by atoms with E-state index in [-0.39, 0.29) is 12.2 Å². The molecular formula is C12H14O3. The van der Waals surface area contributed by atoms with Crippen molar-refractivity contribution >= 4 is 11.8 Å². The lowest BCUT2D eigenvalue weighted by atomic mass is 9.96. The van der Waals surface area contributed by atoms with Gasteiger partial charge in [-0.25, -0.2) is 0 Å². The van der Waals surface area contributed by atoms with Crippen LogP contribution in [0.2, 0.25) is 0 Å². The van der Waals surface area contributed by atoms with Crippen LogP contribution in [0, 0.1) is 12.8 Å². The monoisotopic (exact) mass is 206 g/mol. The number of Topliss-reactive ketones (excluding diaryl/α,β-unsaturated/α-hetero) is 1. The van der Waals surface area contributed by atoms with Crippen molar-refractivity contribution in [3.05, 3.63) is 35.4 Å². The van der Waals surface area contributed by atoms with Crippen LogP contribution < -0.4 is 0 Å². The molecule has 0 aliphatic heterocycles. The summed E-state index contributed by atoms with van der Waals surface area (Å²) < 4.78 is 0. The summed E-state index contributed by atoms with van der Waals surface area (Å²) >= 11 is 0. The lowest BCUT2D eigenvalue weighted by Gasteiger charge is -2.07. The van der Waals surface area contributed by atoms with Crippen molar-refractivity contribution in [2.24, 2.45) is 5.92 Å². The average Bonchev–Trinajstić information content (AvgIpc) is 2.17. The zero-order chi connectivity index (χ0) is 11.4. The van der Waals surface area contributed by atoms with Gasteiger partial charge in [-0.15, -0.1) is 0 Å². The first-order valence-corrected chi connectivity index (χ1v) is 4.83. The Kier molecular flexibility index (Phi) is 3.61. The Balaban J connectivity index is 2.76. The third-order valence-electron chi connectivity index (χ3n) is 2.26. The molecule has 0 spiro atoms. The van der Waals surface area contributed by atoms with E-state index in [1.165, 1.54) is 0 Å². The van der Waals surface area contributed by atoms with Gasteiger partial charge in [-0.1, -0.05) is 36.8 Å². The van der Waals surface area contributed by atoms with Crippen LogP contribution in [0.4, 0.5) is 0 Å². The van der Waals surface area contributed by atoms with Crippen LogP contribution in [0.1, 0.15) is 29.3 Å². The van der Waals surface area contributed by atoms with E-state index in [0.717, 1.165) is 5.56 Å². The van der Waals surface area contributed by atoms with Gasteiger partial charge in [0.2, 0.25) is 0 Å². The largest absolute Gasteiger partial charge is 0.481 e. The topological polar surface area (TPSA) is 54.4 Å². The van der Waals surface area contributed by atoms with Gasteiger partial charge in [-0.2, -0.15) is 0 Å². The summed E-state index contributed by atoms with van der Waals surface area (Å²) in [6, 6.07) is 7.16. The molecule has 80 valence electrons. The Morgan fingerprint density at radius 3 is 2.27 bits per heavy atom. The Bertz CT molecular complexity index is 365. The van der Waals surface area contributed by atoms with Crippen LogP contribution in [-0.2, 0) is 4.79 Å². The molecule has 0 aromatic heterocycles. The van der Waals surface area contributed by atoms with Crippen molar-refractivity contribution < 1.29 is 14.7 Å². The van der Waals surface area contributed by atoms with Gasteiger partial charge >= 0.3 is 5.97 Å². The van der Waals surface area contributed by atoms with Crippen LogP contribution in [-0.4, -0.2) is 16.9 Å². The molecule has 15 heavy (non-hydrogen) atoms. The SMILES string of the molecule is Cc1ccc(C(=O)C(C)CC(=O)O)cc1. The summed E-state index contributed by atoms with van der Waals surface area (Å²) in [5.41, 5.74) is 1.66. The molecular weight excluding hydrogens is 192 g/mol. The number of ketones is 1. The minimum atomic E-state index is -0.942. The maximum atomic E-state index is 11.7. The van der Waals surface area contributed by atoms with Gasteiger partial charge in [0.1, 0.15) is 0 Å². The van der Waals surface area contributed by atoms with Crippen molar-refractivity contribution in [1.82, 2.24) is 0 Å². The number of carbonyl (C=O) groups excluding carboxylic acids is 1. The zero-order valence-electron chi connectivity index (χ0n) is 8.86. The summed E-state index contributed by atoms with van der Waals surface area (Å²) in [5.74, 6) is -1.52. The number of rotatable bonds is 4. The number of benzene rings is 1. The first-order valence-electron chi connectivity index (χ1n) is 4.83. The van der Waals surface area contributed by atoms with Crippen molar-refractivity contribution in [2.45, 2.75) is 20.3 Å². The summed E-state index contributed by atoms with van der Waals surface area (Å²) in [6.07, 6.45) is -0.118. The van der Waals surface area contributed by atoms with Crippen molar-refractivity contribution in [2.75, 3.05) is 0 Å². The highest BCUT2D eigenvalue weighted by atomic mass is 16.4. The van der Waals surface area contributed by atoms with Crippen molar-refractivity contribution in [3.8, 4) is 0 Å². The van der Waals surface area contributed by atoms with Gasteiger partial charge in [-0.3, -0.25) is 9.59 Å². The van der Waals surface area contributed by atoms with Gasteiger partial charge in [0.15, 0.2) is 5.78 Å². The van der Waals surface area contributed by atoms with E-state index < -0.39 is 11.9 Å². The summed E-state index contributed by atoms with van der Waals surface area (Å²) in [4.78, 5) is 22.2. The molecule has 0 aliphatic rings. The molecule has 0 aliphatic carbocycles. The third kappa shape index (κ3) is 3.20. The first-order chi connectivity index (χ1) is 7.00. The van der Waals surface area contributed by atoms with Crippen molar-refractivity contribution in [3.63, 3.8) is 0 Å². The normalized spacial score (nSPS) is 12.1. The van der Waals surface area contributed by atoms with E-state index in [0.29, 0.717) is 5.56 Å². The number of hydrogen-bond donors (Lipinski definition) is 1. The van der Waals surface area contributed by atoms with Crippen LogP contribution >= 0.6 is 0 Å². The number of aliphatic carboxylic acids is 1. The second-order valence-corrected chi connectivity index (χ2v) is 3.73. The van der Waals surface area contributed by atoms with Crippen molar-refractivity contribution in [1.29, 1.82) is 0 Å². The molecule has 0 amide bonds. The molecule has 0 saturated carbocycles. The van der Waals surface area contributed by atoms with Gasteiger partial charge in [0.25, 0.3) is 0 Å². The van der Waals surface area contributed by atoms with E-state index in [4.69, 9.17) is 5.11 Å². The van der Waals surface area contributed by atoms with Crippen LogP contribution in [0.5, 0.6) is 0 Å². The summed E-state index contributed by atoms with van der Waals surface area (Å²) in [7, 11) is 0. The second-order valence-electron chi connectivity index (χ2n) is 3.73. The molecule has 1 unspecified atom stereocenters. The molecule has 3 nitrogen and oxygen atoms in total. The zero-order valence-corrected chi connectivity index (χ0v) is 8.86. The lowest BCUT2D eigenvalue weighted by molar-refractivity contribution is -0.137. The molecule has 3 heteroatoms. The Morgan fingerprint density at radius 2 is 1.80 bits per heavy atom. The fourth-order valence-corrected chi connectivity index (χ4v) is 1.36. The van der Waals surface area contributed by atoms with E-state index >= 15 is 0 Å². The fourth-order valence-electron chi connectivity index (χ4n) is 1.36. The lowest BCUT2D eigenvalue weighted by Crippen LogP contribution is -2.15. The van der Waals surface area contributed by atoms with Gasteiger partial charge in [0.05, 0.1) is 6.42 Å². The molecule has 1 N–H and O–H groups in total. The molecule has 0 radical (unpaired) electrons. The standard InChI is InChI=1S/C12H14O3/c1-8-3-5-10(6-4-8)12(15)9(2)7-11(13)14/h3-6,9H,7H2,1-2H3,(H,13,14). The highest BCUT2D eigenvalue weighted by Crippen LogP contribution is 2.12. The minimum Gasteiger partial charge on any atom is -0.481 e. The molecule has 1 aromatic carbocycles. The highest BCUT2D eigenvalue weighted by molar-refractivity contribution is 5.99. The number of aryl methyl sites for hydroxylation is 1. The number of carboxylic acid groups (broad SMARTS) is 1. The van der Waals surface area contributed by atoms with E-state index in [1.54, 1.807) is 19.1 Å². The van der Waals surface area contributed by atoms with Crippen LogP contribution in [0.15, 0.2) is 24.3 Å². The molecule has 0 saturated heterocycles. The second kappa shape index (κ2) is 4.73. The molecule has 1 atom stereocenters.